The zero-order valence-corrected chi connectivity index (χ0v) is 15.5. The minimum absolute atomic E-state index is 0.0737. The Morgan fingerprint density at radius 2 is 1.00 bits per heavy atom. The Morgan fingerprint density at radius 1 is 0.692 bits per heavy atom. The van der Waals surface area contributed by atoms with Crippen LogP contribution in [0.5, 0.6) is 0 Å². The number of hydrogen-bond donors (Lipinski definition) is 2. The van der Waals surface area contributed by atoms with Crippen LogP contribution < -0.4 is 0 Å². The molecule has 0 aromatic carbocycles. The molecule has 0 saturated heterocycles. The lowest BCUT2D eigenvalue weighted by Crippen LogP contribution is -2.83. The fourth-order valence-corrected chi connectivity index (χ4v) is 5.08. The first-order valence-corrected chi connectivity index (χ1v) is 9.16. The molecule has 140 valence electrons. The summed E-state index contributed by atoms with van der Waals surface area (Å²) in [4.78, 5) is 52.9. The molecule has 2 N–H and O–H groups in total. The number of hydrogen-bond acceptors (Lipinski definition) is 6. The van der Waals surface area contributed by atoms with Gasteiger partial charge >= 0.3 is 0 Å². The summed E-state index contributed by atoms with van der Waals surface area (Å²) in [5, 5.41) is 22.9. The van der Waals surface area contributed by atoms with Gasteiger partial charge in [0.25, 0.3) is 0 Å². The predicted molar refractivity (Wildman–Crippen MR) is 92.1 cm³/mol. The molecule has 4 atom stereocenters. The third-order valence-corrected chi connectivity index (χ3v) is 6.72. The smallest absolute Gasteiger partial charge is 0.202 e. The van der Waals surface area contributed by atoms with Crippen molar-refractivity contribution in [3.05, 3.63) is 23.3 Å². The summed E-state index contributed by atoms with van der Waals surface area (Å²) in [6.07, 6.45) is 2.82. The Kier molecular flexibility index (Phi) is 3.84. The number of carbonyl (C=O) groups is 4. The molecule has 6 heteroatoms. The maximum absolute atomic E-state index is 13.4. The largest absolute Gasteiger partial charge is 0.373 e. The average molecular weight is 360 g/mol. The quantitative estimate of drug-likeness (QED) is 0.730. The predicted octanol–water partition coefficient (Wildman–Crippen LogP) is 1.23. The summed E-state index contributed by atoms with van der Waals surface area (Å²) in [6.45, 7) is 6.52. The molecule has 26 heavy (non-hydrogen) atoms. The molecule has 3 aliphatic rings. The summed E-state index contributed by atoms with van der Waals surface area (Å²) >= 11 is 0. The highest BCUT2D eigenvalue weighted by molar-refractivity contribution is 6.37. The average Bonchev–Trinajstić information content (AvgIpc) is 2.65. The molecule has 0 unspecified atom stereocenters. The zero-order chi connectivity index (χ0) is 19.7. The molecule has 1 saturated carbocycles. The molecule has 3 rings (SSSR count). The van der Waals surface area contributed by atoms with Crippen LogP contribution in [0.4, 0.5) is 0 Å². The van der Waals surface area contributed by atoms with E-state index in [9.17, 15) is 29.4 Å². The summed E-state index contributed by atoms with van der Waals surface area (Å²) in [5.41, 5.74) is -8.71. The first kappa shape index (κ1) is 18.9. The molecular formula is C20H24O6. The molecule has 1 fully saturated rings. The molecule has 0 heterocycles. The van der Waals surface area contributed by atoms with Crippen LogP contribution in [-0.4, -0.2) is 44.5 Å². The van der Waals surface area contributed by atoms with Gasteiger partial charge in [0.1, 0.15) is 0 Å². The van der Waals surface area contributed by atoms with Gasteiger partial charge in [-0.3, -0.25) is 19.2 Å². The van der Waals surface area contributed by atoms with Crippen molar-refractivity contribution in [1.82, 2.24) is 0 Å². The second-order valence-electron chi connectivity index (χ2n) is 7.43. The number of Topliss-reactive ketones (excluding diaryl/α,β-unsaturated/α-hetero) is 4. The van der Waals surface area contributed by atoms with Gasteiger partial charge in [0.2, 0.25) is 11.2 Å². The van der Waals surface area contributed by atoms with Crippen molar-refractivity contribution in [2.75, 3.05) is 0 Å². The van der Waals surface area contributed by atoms with Gasteiger partial charge in [-0.2, -0.15) is 0 Å². The Balaban J connectivity index is 2.57. The maximum Gasteiger partial charge on any atom is 0.202 e. The second-order valence-corrected chi connectivity index (χ2v) is 7.43. The van der Waals surface area contributed by atoms with Crippen molar-refractivity contribution in [2.24, 2.45) is 10.8 Å². The van der Waals surface area contributed by atoms with E-state index in [1.807, 2.05) is 0 Å². The van der Waals surface area contributed by atoms with Gasteiger partial charge < -0.3 is 10.2 Å². The summed E-state index contributed by atoms with van der Waals surface area (Å²) in [5.74, 6) is -3.49. The van der Waals surface area contributed by atoms with E-state index >= 15 is 0 Å². The third kappa shape index (κ3) is 1.53. The number of rotatable bonds is 4. The van der Waals surface area contributed by atoms with E-state index in [1.54, 1.807) is 27.7 Å². The van der Waals surface area contributed by atoms with Gasteiger partial charge in [0.05, 0.1) is 10.8 Å². The van der Waals surface area contributed by atoms with E-state index in [2.05, 4.69) is 0 Å². The van der Waals surface area contributed by atoms with Gasteiger partial charge in [0.15, 0.2) is 23.1 Å². The number of aliphatic hydroxyl groups is 2. The van der Waals surface area contributed by atoms with Crippen molar-refractivity contribution in [1.29, 1.82) is 0 Å². The fraction of sp³-hybridized carbons (Fsp3) is 0.600. The van der Waals surface area contributed by atoms with Crippen LogP contribution in [-0.2, 0) is 19.2 Å². The third-order valence-electron chi connectivity index (χ3n) is 6.72. The summed E-state index contributed by atoms with van der Waals surface area (Å²) < 4.78 is 0. The van der Waals surface area contributed by atoms with E-state index in [0.717, 1.165) is 0 Å². The van der Waals surface area contributed by atoms with Crippen molar-refractivity contribution in [3.8, 4) is 0 Å². The Morgan fingerprint density at radius 3 is 1.23 bits per heavy atom. The van der Waals surface area contributed by atoms with Crippen LogP contribution >= 0.6 is 0 Å². The lowest BCUT2D eigenvalue weighted by atomic mass is 9.40. The van der Waals surface area contributed by atoms with Gasteiger partial charge in [-0.25, -0.2) is 0 Å². The van der Waals surface area contributed by atoms with Crippen LogP contribution in [0.1, 0.15) is 53.4 Å². The van der Waals surface area contributed by atoms with Crippen molar-refractivity contribution in [3.63, 3.8) is 0 Å². The Bertz CT molecular complexity index is 752. The van der Waals surface area contributed by atoms with Crippen molar-refractivity contribution < 1.29 is 29.4 Å². The van der Waals surface area contributed by atoms with Crippen molar-refractivity contribution in [2.45, 2.75) is 64.6 Å². The normalized spacial score (nSPS) is 41.9. The number of fused-ring (bicyclic) bond motifs is 6. The molecule has 6 nitrogen and oxygen atoms in total. The molecule has 0 amide bonds. The molecule has 0 radical (unpaired) electrons. The van der Waals surface area contributed by atoms with Crippen LogP contribution in [0.15, 0.2) is 23.3 Å². The molecule has 4 bridgehead atoms. The zero-order valence-electron chi connectivity index (χ0n) is 15.5. The molecular weight excluding hydrogens is 336 g/mol. The van der Waals surface area contributed by atoms with E-state index in [-0.39, 0.29) is 36.8 Å². The Labute approximate surface area is 152 Å². The van der Waals surface area contributed by atoms with E-state index in [0.29, 0.717) is 0 Å². The summed E-state index contributed by atoms with van der Waals surface area (Å²) in [6, 6.07) is 0. The highest BCUT2D eigenvalue weighted by Gasteiger charge is 2.83. The SMILES string of the molecule is CCC1=C[C@@]2(CC)C(=O)[C@@](O)(C1=O)[C@]1(CC)C=C(CC)C(=O)[C@@]2(O)C1=O. The van der Waals surface area contributed by atoms with Crippen LogP contribution in [0.25, 0.3) is 0 Å². The fourth-order valence-electron chi connectivity index (χ4n) is 5.08. The molecule has 3 aliphatic carbocycles. The number of carbonyl (C=O) groups excluding carboxylic acids is 4. The monoisotopic (exact) mass is 360 g/mol. The van der Waals surface area contributed by atoms with E-state index in [1.165, 1.54) is 12.2 Å². The van der Waals surface area contributed by atoms with Crippen LogP contribution in [0.3, 0.4) is 0 Å². The lowest BCUT2D eigenvalue weighted by Gasteiger charge is -2.61. The van der Waals surface area contributed by atoms with E-state index in [4.69, 9.17) is 0 Å². The summed E-state index contributed by atoms with van der Waals surface area (Å²) in [7, 11) is 0. The van der Waals surface area contributed by atoms with Crippen LogP contribution in [0, 0.1) is 10.8 Å². The first-order valence-electron chi connectivity index (χ1n) is 9.16. The van der Waals surface area contributed by atoms with Gasteiger partial charge in [0, 0.05) is 0 Å². The van der Waals surface area contributed by atoms with Gasteiger partial charge in [-0.05, 0) is 36.8 Å². The van der Waals surface area contributed by atoms with Gasteiger partial charge in [-0.1, -0.05) is 39.8 Å². The minimum atomic E-state index is -2.59. The van der Waals surface area contributed by atoms with Crippen LogP contribution in [0.2, 0.25) is 0 Å². The highest BCUT2D eigenvalue weighted by Crippen LogP contribution is 2.62. The second kappa shape index (κ2) is 5.30. The molecule has 0 aromatic heterocycles. The standard InChI is InChI=1S/C20H24O6/c1-5-11-9-17(7-3)15(23)19(25,13(11)21)18(8-4)10-12(6-2)14(22)20(17,26)16(18)24/h9-10,25-26H,5-8H2,1-4H3/t17-,18+,19-,20+. The number of ketones is 4. The Hall–Kier alpha value is -1.92. The topological polar surface area (TPSA) is 109 Å². The first-order chi connectivity index (χ1) is 12.1. The maximum atomic E-state index is 13.4. The van der Waals surface area contributed by atoms with E-state index < -0.39 is 45.2 Å². The molecule has 0 aromatic rings. The lowest BCUT2D eigenvalue weighted by molar-refractivity contribution is -0.207. The minimum Gasteiger partial charge on any atom is -0.373 e. The highest BCUT2D eigenvalue weighted by atomic mass is 16.3. The van der Waals surface area contributed by atoms with Gasteiger partial charge in [-0.15, -0.1) is 0 Å². The molecule has 0 spiro atoms. The molecule has 0 aliphatic heterocycles. The van der Waals surface area contributed by atoms with Crippen molar-refractivity contribution >= 4 is 23.1 Å².